The fraction of sp³-hybridized carbons (Fsp3) is 0.310. The van der Waals surface area contributed by atoms with E-state index >= 15 is 0 Å². The van der Waals surface area contributed by atoms with Gasteiger partial charge >= 0.3 is 0 Å². The number of rotatable bonds is 10. The standard InChI is InChI=1S/C29H32FN3O4S/c1-31-29(35)28(24-7-3-2-4-8-24)33(21-23-9-14-25(30)15-10-23)27(34)18-13-22-11-16-26(17-12-22)38(36,37)32-19-5-6-20-32/h2-4,7-12,14-17,28H,5-6,13,18-21H2,1H3,(H,31,35). The first-order chi connectivity index (χ1) is 18.3. The van der Waals surface area contributed by atoms with Crippen LogP contribution in [0.3, 0.4) is 0 Å². The van der Waals surface area contributed by atoms with Crippen LogP contribution in [0.1, 0.15) is 42.0 Å². The summed E-state index contributed by atoms with van der Waals surface area (Å²) in [5.41, 5.74) is 2.18. The average Bonchev–Trinajstić information content (AvgIpc) is 3.49. The molecule has 1 N–H and O–H groups in total. The van der Waals surface area contributed by atoms with Crippen LogP contribution in [0.25, 0.3) is 0 Å². The number of nitrogens with one attached hydrogen (secondary N) is 1. The van der Waals surface area contributed by atoms with E-state index in [0.717, 1.165) is 18.4 Å². The molecule has 2 amide bonds. The summed E-state index contributed by atoms with van der Waals surface area (Å²) in [4.78, 5) is 28.3. The highest BCUT2D eigenvalue weighted by atomic mass is 32.2. The molecule has 0 bridgehead atoms. The number of likely N-dealkylation sites (N-methyl/N-ethyl adjacent to an activating group) is 1. The van der Waals surface area contributed by atoms with Crippen molar-refractivity contribution in [2.24, 2.45) is 0 Å². The number of nitrogens with zero attached hydrogens (tertiary/aromatic N) is 2. The van der Waals surface area contributed by atoms with E-state index in [9.17, 15) is 22.4 Å². The lowest BCUT2D eigenvalue weighted by Crippen LogP contribution is -2.42. The monoisotopic (exact) mass is 537 g/mol. The Bertz CT molecular complexity index is 1340. The Morgan fingerprint density at radius 3 is 2.13 bits per heavy atom. The third-order valence-electron chi connectivity index (χ3n) is 6.76. The van der Waals surface area contributed by atoms with E-state index in [1.54, 1.807) is 48.5 Å². The molecule has 0 saturated carbocycles. The molecule has 0 aromatic heterocycles. The molecule has 200 valence electrons. The zero-order valence-electron chi connectivity index (χ0n) is 21.3. The number of carbonyl (C=O) groups is 2. The molecule has 1 heterocycles. The summed E-state index contributed by atoms with van der Waals surface area (Å²) in [7, 11) is -1.98. The van der Waals surface area contributed by atoms with Gasteiger partial charge in [0.15, 0.2) is 0 Å². The minimum Gasteiger partial charge on any atom is -0.357 e. The number of halogens is 1. The van der Waals surface area contributed by atoms with E-state index in [-0.39, 0.29) is 35.5 Å². The molecule has 1 saturated heterocycles. The molecule has 3 aromatic carbocycles. The van der Waals surface area contributed by atoms with Crippen molar-refractivity contribution >= 4 is 21.8 Å². The smallest absolute Gasteiger partial charge is 0.247 e. The summed E-state index contributed by atoms with van der Waals surface area (Å²) in [6.45, 7) is 1.20. The maximum absolute atomic E-state index is 13.6. The number of sulfonamides is 1. The number of aryl methyl sites for hydroxylation is 1. The second kappa shape index (κ2) is 12.3. The van der Waals surface area contributed by atoms with Gasteiger partial charge in [0.05, 0.1) is 4.90 Å². The van der Waals surface area contributed by atoms with E-state index < -0.39 is 16.1 Å². The molecule has 1 aliphatic rings. The van der Waals surface area contributed by atoms with E-state index in [4.69, 9.17) is 0 Å². The second-order valence-corrected chi connectivity index (χ2v) is 11.3. The molecule has 0 radical (unpaired) electrons. The molecule has 0 aliphatic carbocycles. The SMILES string of the molecule is CNC(=O)C(c1ccccc1)N(Cc1ccc(F)cc1)C(=O)CCc1ccc(S(=O)(=O)N2CCCC2)cc1. The third kappa shape index (κ3) is 6.46. The Morgan fingerprint density at radius 1 is 0.921 bits per heavy atom. The number of hydrogen-bond donors (Lipinski definition) is 1. The molecular formula is C29H32FN3O4S. The molecule has 4 rings (SSSR count). The normalized spacial score (nSPS) is 14.7. The fourth-order valence-corrected chi connectivity index (χ4v) is 6.17. The Balaban J connectivity index is 1.54. The summed E-state index contributed by atoms with van der Waals surface area (Å²) in [6.07, 6.45) is 2.22. The molecule has 3 aromatic rings. The fourth-order valence-electron chi connectivity index (χ4n) is 4.66. The van der Waals surface area contributed by atoms with E-state index in [0.29, 0.717) is 30.6 Å². The highest BCUT2D eigenvalue weighted by Gasteiger charge is 2.31. The lowest BCUT2D eigenvalue weighted by molar-refractivity contribution is -0.141. The second-order valence-electron chi connectivity index (χ2n) is 9.33. The van der Waals surface area contributed by atoms with Crippen LogP contribution in [-0.2, 0) is 32.6 Å². The van der Waals surface area contributed by atoms with Crippen molar-refractivity contribution in [1.29, 1.82) is 0 Å². The van der Waals surface area contributed by atoms with Gasteiger partial charge in [-0.2, -0.15) is 4.31 Å². The van der Waals surface area contributed by atoms with Gasteiger partial charge in [-0.05, 0) is 60.2 Å². The quantitative estimate of drug-likeness (QED) is 0.423. The van der Waals surface area contributed by atoms with Gasteiger partial charge in [-0.3, -0.25) is 9.59 Å². The average molecular weight is 538 g/mol. The van der Waals surface area contributed by atoms with Crippen molar-refractivity contribution in [3.05, 3.63) is 101 Å². The molecule has 1 atom stereocenters. The van der Waals surface area contributed by atoms with Crippen LogP contribution >= 0.6 is 0 Å². The molecule has 1 unspecified atom stereocenters. The number of hydrogen-bond acceptors (Lipinski definition) is 4. The molecular weight excluding hydrogens is 505 g/mol. The molecule has 1 fully saturated rings. The Kier molecular flexibility index (Phi) is 8.91. The van der Waals surface area contributed by atoms with Crippen molar-refractivity contribution in [3.8, 4) is 0 Å². The minimum absolute atomic E-state index is 0.111. The zero-order chi connectivity index (χ0) is 27.1. The van der Waals surface area contributed by atoms with Crippen LogP contribution in [0.5, 0.6) is 0 Å². The molecule has 9 heteroatoms. The maximum atomic E-state index is 13.6. The highest BCUT2D eigenvalue weighted by molar-refractivity contribution is 7.89. The summed E-state index contributed by atoms with van der Waals surface area (Å²) in [5.74, 6) is -0.962. The van der Waals surface area contributed by atoms with Gasteiger partial charge in [0.1, 0.15) is 11.9 Å². The van der Waals surface area contributed by atoms with Gasteiger partial charge in [-0.15, -0.1) is 0 Å². The maximum Gasteiger partial charge on any atom is 0.247 e. The van der Waals surface area contributed by atoms with E-state index in [2.05, 4.69) is 5.32 Å². The number of benzene rings is 3. The first-order valence-corrected chi connectivity index (χ1v) is 14.1. The Labute approximate surface area is 223 Å². The first kappa shape index (κ1) is 27.5. The molecule has 7 nitrogen and oxygen atoms in total. The topological polar surface area (TPSA) is 86.8 Å². The van der Waals surface area contributed by atoms with E-state index in [1.165, 1.54) is 28.4 Å². The van der Waals surface area contributed by atoms with Gasteiger partial charge in [0.25, 0.3) is 0 Å². The van der Waals surface area contributed by atoms with Crippen molar-refractivity contribution < 1.29 is 22.4 Å². The Hall–Kier alpha value is -3.56. The van der Waals surface area contributed by atoms with Gasteiger partial charge in [-0.25, -0.2) is 12.8 Å². The lowest BCUT2D eigenvalue weighted by Gasteiger charge is -2.31. The zero-order valence-corrected chi connectivity index (χ0v) is 22.2. The molecule has 1 aliphatic heterocycles. The molecule has 0 spiro atoms. The van der Waals surface area contributed by atoms with Crippen molar-refractivity contribution in [3.63, 3.8) is 0 Å². The highest BCUT2D eigenvalue weighted by Crippen LogP contribution is 2.26. The summed E-state index contributed by atoms with van der Waals surface area (Å²) in [5, 5.41) is 2.66. The first-order valence-electron chi connectivity index (χ1n) is 12.7. The largest absolute Gasteiger partial charge is 0.357 e. The lowest BCUT2D eigenvalue weighted by atomic mass is 10.0. The predicted molar refractivity (Wildman–Crippen MR) is 143 cm³/mol. The molecule has 38 heavy (non-hydrogen) atoms. The van der Waals surface area contributed by atoms with Crippen LogP contribution in [0.2, 0.25) is 0 Å². The van der Waals surface area contributed by atoms with Crippen LogP contribution in [0.15, 0.2) is 83.8 Å². The third-order valence-corrected chi connectivity index (χ3v) is 8.67. The van der Waals surface area contributed by atoms with Gasteiger partial charge in [0.2, 0.25) is 21.8 Å². The van der Waals surface area contributed by atoms with Crippen LogP contribution in [0.4, 0.5) is 4.39 Å². The van der Waals surface area contributed by atoms with Crippen LogP contribution in [0, 0.1) is 5.82 Å². The summed E-state index contributed by atoms with van der Waals surface area (Å²) >= 11 is 0. The minimum atomic E-state index is -3.51. The predicted octanol–water partition coefficient (Wildman–Crippen LogP) is 4.06. The van der Waals surface area contributed by atoms with Crippen LogP contribution in [-0.4, -0.2) is 49.6 Å². The van der Waals surface area contributed by atoms with Crippen molar-refractivity contribution in [2.75, 3.05) is 20.1 Å². The number of amides is 2. The Morgan fingerprint density at radius 2 is 1.53 bits per heavy atom. The van der Waals surface area contributed by atoms with Gasteiger partial charge < -0.3 is 10.2 Å². The van der Waals surface area contributed by atoms with E-state index in [1.807, 2.05) is 18.2 Å². The van der Waals surface area contributed by atoms with Crippen LogP contribution < -0.4 is 5.32 Å². The van der Waals surface area contributed by atoms with Gasteiger partial charge in [-0.1, -0.05) is 54.6 Å². The van der Waals surface area contributed by atoms with Crippen molar-refractivity contribution in [2.45, 2.75) is 43.2 Å². The summed E-state index contributed by atoms with van der Waals surface area (Å²) in [6, 6.07) is 20.7. The number of carbonyl (C=O) groups excluding carboxylic acids is 2. The van der Waals surface area contributed by atoms with Gasteiger partial charge in [0, 0.05) is 33.1 Å². The summed E-state index contributed by atoms with van der Waals surface area (Å²) < 4.78 is 40.6. The van der Waals surface area contributed by atoms with Crippen molar-refractivity contribution in [1.82, 2.24) is 14.5 Å².